The average molecular weight is 77.1 g/mol. The Hall–Kier alpha value is -0.790. The molecule has 0 amide bonds. The van der Waals surface area contributed by atoms with E-state index in [9.17, 15) is 0 Å². The summed E-state index contributed by atoms with van der Waals surface area (Å²) < 4.78 is 0. The van der Waals surface area contributed by atoms with E-state index in [1.807, 2.05) is 0 Å². The zero-order valence-electron chi connectivity index (χ0n) is 2.81. The van der Waals surface area contributed by atoms with Crippen molar-refractivity contribution in [3.05, 3.63) is 0 Å². The van der Waals surface area contributed by atoms with E-state index in [1.165, 1.54) is 0 Å². The van der Waals surface area contributed by atoms with Crippen LogP contribution in [-0.2, 0) is 0 Å². The van der Waals surface area contributed by atoms with Crippen LogP contribution in [0.1, 0.15) is 0 Å². The molecule has 32 valence electrons. The molecule has 0 unspecified atom stereocenters. The van der Waals surface area contributed by atoms with Crippen molar-refractivity contribution in [1.29, 1.82) is 5.26 Å². The van der Waals surface area contributed by atoms with Gasteiger partial charge in [0.1, 0.15) is 0 Å². The molecule has 4 heteroatoms. The van der Waals surface area contributed by atoms with Gasteiger partial charge in [-0.05, 0) is 0 Å². The summed E-state index contributed by atoms with van der Waals surface area (Å²) in [6.07, 6.45) is 0.750. The van der Waals surface area contributed by atoms with Crippen LogP contribution in [0.25, 0.3) is 0 Å². The summed E-state index contributed by atoms with van der Waals surface area (Å²) in [5.74, 6) is 0. The van der Waals surface area contributed by atoms with Crippen LogP contribution in [-0.4, -0.2) is 5.11 Å². The highest BCUT2D eigenvalue weighted by Gasteiger charge is 1.16. The van der Waals surface area contributed by atoms with Crippen LogP contribution in [0.15, 0.2) is 0 Å². The van der Waals surface area contributed by atoms with Gasteiger partial charge >= 0.3 is 0 Å². The standard InChI is InChI=1S/CHNO.2H3N/c2-1-3;;/h3H;2*1H3. The van der Waals surface area contributed by atoms with E-state index >= 15 is 0 Å². The van der Waals surface area contributed by atoms with E-state index in [4.69, 9.17) is 10.4 Å². The lowest BCUT2D eigenvalue weighted by molar-refractivity contribution is 0.503. The van der Waals surface area contributed by atoms with Crippen LogP contribution in [0.3, 0.4) is 0 Å². The molecule has 0 fully saturated rings. The van der Waals surface area contributed by atoms with Gasteiger partial charge in [0.25, 0.3) is 6.26 Å². The molecule has 0 aromatic carbocycles. The molecule has 4 nitrogen and oxygen atoms in total. The molecule has 0 aliphatic carbocycles. The third-order valence-corrected chi connectivity index (χ3v) is 0. The van der Waals surface area contributed by atoms with Gasteiger partial charge in [-0.15, -0.1) is 0 Å². The van der Waals surface area contributed by atoms with Crippen LogP contribution in [0.5, 0.6) is 0 Å². The lowest BCUT2D eigenvalue weighted by Gasteiger charge is -1.25. The molecule has 0 aromatic heterocycles. The minimum atomic E-state index is 0. The molecule has 0 rings (SSSR count). The zero-order valence-corrected chi connectivity index (χ0v) is 2.81. The third-order valence-electron chi connectivity index (χ3n) is 0. The first-order valence-electron chi connectivity index (χ1n) is 0.447. The summed E-state index contributed by atoms with van der Waals surface area (Å²) in [5, 5.41) is 13.8. The van der Waals surface area contributed by atoms with Crippen LogP contribution in [0.2, 0.25) is 0 Å². The van der Waals surface area contributed by atoms with Crippen molar-refractivity contribution in [2.45, 2.75) is 0 Å². The molecule has 0 spiro atoms. The first kappa shape index (κ1) is 29.6. The maximum absolute atomic E-state index is 6.88. The topological polar surface area (TPSA) is 114 Å². The van der Waals surface area contributed by atoms with E-state index < -0.39 is 0 Å². The van der Waals surface area contributed by atoms with Gasteiger partial charge in [-0.2, -0.15) is 5.26 Å². The molecule has 0 aliphatic heterocycles. The second-order valence-electron chi connectivity index (χ2n) is 0.100. The lowest BCUT2D eigenvalue weighted by Crippen LogP contribution is -1.27. The van der Waals surface area contributed by atoms with Crippen molar-refractivity contribution in [2.24, 2.45) is 0 Å². The molecule has 0 aromatic rings. The van der Waals surface area contributed by atoms with E-state index in [2.05, 4.69) is 0 Å². The van der Waals surface area contributed by atoms with Gasteiger partial charge in [-0.1, -0.05) is 0 Å². The number of nitriles is 1. The molecule has 0 bridgehead atoms. The maximum atomic E-state index is 6.88. The molecular formula is CH7N3O. The quantitative estimate of drug-likeness (QED) is 0.357. The molecule has 7 N–H and O–H groups in total. The normalized spacial score (nSPS) is 1.40. The smallest absolute Gasteiger partial charge is 0.283 e. The Morgan fingerprint density at radius 3 is 1.40 bits per heavy atom. The van der Waals surface area contributed by atoms with Crippen LogP contribution < -0.4 is 12.3 Å². The number of hydrogen-bond donors (Lipinski definition) is 3. The van der Waals surface area contributed by atoms with Gasteiger partial charge < -0.3 is 17.4 Å². The molecular weight excluding hydrogens is 70.0 g/mol. The maximum Gasteiger partial charge on any atom is 0.283 e. The number of nitrogens with zero attached hydrogens (tertiary/aromatic N) is 1. The Morgan fingerprint density at radius 2 is 1.40 bits per heavy atom. The Labute approximate surface area is 30.2 Å². The number of aliphatic hydroxyl groups is 1. The second kappa shape index (κ2) is 356. The second-order valence-corrected chi connectivity index (χ2v) is 0.100. The van der Waals surface area contributed by atoms with E-state index in [0.717, 1.165) is 6.26 Å². The molecule has 0 saturated heterocycles. The van der Waals surface area contributed by atoms with E-state index in [1.54, 1.807) is 0 Å². The summed E-state index contributed by atoms with van der Waals surface area (Å²) in [4.78, 5) is 0. The number of hydrogen-bond acceptors (Lipinski definition) is 4. The summed E-state index contributed by atoms with van der Waals surface area (Å²) in [6, 6.07) is 0. The highest BCUT2D eigenvalue weighted by atomic mass is 16.2. The Kier molecular flexibility index (Phi) is 2110. The van der Waals surface area contributed by atoms with Crippen LogP contribution in [0, 0.1) is 11.5 Å². The predicted octanol–water partition coefficient (Wildman–Crippen LogP) is 0.164. The molecule has 0 atom stereocenters. The summed E-state index contributed by atoms with van der Waals surface area (Å²) in [5.41, 5.74) is 0. The highest BCUT2D eigenvalue weighted by Crippen LogP contribution is 1.06. The minimum absolute atomic E-state index is 0. The Morgan fingerprint density at radius 1 is 1.40 bits per heavy atom. The van der Waals surface area contributed by atoms with Crippen molar-refractivity contribution in [1.82, 2.24) is 12.3 Å². The van der Waals surface area contributed by atoms with Crippen molar-refractivity contribution in [3.63, 3.8) is 0 Å². The Bertz CT molecular complexity index is 28.4. The monoisotopic (exact) mass is 77.1 g/mol. The molecule has 0 heterocycles. The summed E-state index contributed by atoms with van der Waals surface area (Å²) >= 11 is 0. The SMILES string of the molecule is N.N.N#CO. The van der Waals surface area contributed by atoms with Crippen molar-refractivity contribution in [3.8, 4) is 6.26 Å². The van der Waals surface area contributed by atoms with Gasteiger partial charge in [0.05, 0.1) is 0 Å². The predicted molar refractivity (Wildman–Crippen MR) is 17.6 cm³/mol. The number of rotatable bonds is 0. The summed E-state index contributed by atoms with van der Waals surface area (Å²) in [6.45, 7) is 0. The first-order valence-corrected chi connectivity index (χ1v) is 0.447. The fraction of sp³-hybridized carbons (Fsp3) is 0. The largest absolute Gasteiger partial charge is 0.443 e. The molecule has 0 saturated carbocycles. The van der Waals surface area contributed by atoms with Gasteiger partial charge in [0.2, 0.25) is 0 Å². The average Bonchev–Trinajstić information content (AvgIpc) is 0.918. The fourth-order valence-corrected chi connectivity index (χ4v) is 0. The van der Waals surface area contributed by atoms with Crippen molar-refractivity contribution >= 4 is 0 Å². The van der Waals surface area contributed by atoms with Crippen LogP contribution in [0.4, 0.5) is 0 Å². The van der Waals surface area contributed by atoms with Gasteiger partial charge in [-0.3, -0.25) is 0 Å². The lowest BCUT2D eigenvalue weighted by atomic mass is 11.6. The van der Waals surface area contributed by atoms with Crippen molar-refractivity contribution < 1.29 is 5.11 Å². The molecule has 0 aliphatic rings. The van der Waals surface area contributed by atoms with Crippen LogP contribution >= 0.6 is 0 Å². The van der Waals surface area contributed by atoms with Gasteiger partial charge in [-0.25, -0.2) is 0 Å². The third kappa shape index (κ3) is 7.53. The highest BCUT2D eigenvalue weighted by molar-refractivity contribution is 4.30. The number of aliphatic hydroxyl groups excluding tert-OH is 1. The Balaban J connectivity index is -0.0000000200. The fourth-order valence-electron chi connectivity index (χ4n) is 0. The van der Waals surface area contributed by atoms with E-state index in [0.29, 0.717) is 0 Å². The first-order chi connectivity index (χ1) is 1.41. The van der Waals surface area contributed by atoms with Gasteiger partial charge in [0.15, 0.2) is 0 Å². The van der Waals surface area contributed by atoms with Gasteiger partial charge in [0, 0.05) is 0 Å². The van der Waals surface area contributed by atoms with Crippen molar-refractivity contribution in [2.75, 3.05) is 0 Å². The summed E-state index contributed by atoms with van der Waals surface area (Å²) in [7, 11) is 0. The minimum Gasteiger partial charge on any atom is -0.443 e. The zero-order chi connectivity index (χ0) is 2.71. The van der Waals surface area contributed by atoms with E-state index in [-0.39, 0.29) is 12.3 Å². The molecule has 0 radical (unpaired) electrons. The molecule has 5 heavy (non-hydrogen) atoms.